The van der Waals surface area contributed by atoms with E-state index in [9.17, 15) is 9.59 Å². The van der Waals surface area contributed by atoms with Crippen LogP contribution in [0.15, 0.2) is 53.9 Å². The maximum Gasteiger partial charge on any atom is 0.271 e. The van der Waals surface area contributed by atoms with E-state index in [4.69, 9.17) is 0 Å². The number of hydrogen-bond donors (Lipinski definition) is 2. The summed E-state index contributed by atoms with van der Waals surface area (Å²) >= 11 is 0. The van der Waals surface area contributed by atoms with Gasteiger partial charge in [0.25, 0.3) is 5.91 Å². The molecular formula is C15H14N4O2. The molecule has 106 valence electrons. The van der Waals surface area contributed by atoms with Crippen molar-refractivity contribution in [1.29, 1.82) is 0 Å². The highest BCUT2D eigenvalue weighted by Crippen LogP contribution is 2.07. The highest BCUT2D eigenvalue weighted by atomic mass is 16.2. The van der Waals surface area contributed by atoms with Crippen LogP contribution in [0.2, 0.25) is 0 Å². The summed E-state index contributed by atoms with van der Waals surface area (Å²) in [5.41, 5.74) is 4.43. The van der Waals surface area contributed by atoms with Crippen molar-refractivity contribution in [3.63, 3.8) is 0 Å². The number of hydrogen-bond acceptors (Lipinski definition) is 4. The number of carbonyl (C=O) groups excluding carboxylic acids is 2. The summed E-state index contributed by atoms with van der Waals surface area (Å²) < 4.78 is 0. The fraction of sp³-hybridized carbons (Fsp3) is 0.0667. The van der Waals surface area contributed by atoms with Crippen LogP contribution in [0.1, 0.15) is 22.8 Å². The van der Waals surface area contributed by atoms with E-state index in [2.05, 4.69) is 20.8 Å². The molecule has 2 N–H and O–H groups in total. The van der Waals surface area contributed by atoms with Crippen LogP contribution in [-0.4, -0.2) is 23.0 Å². The molecule has 2 rings (SSSR count). The van der Waals surface area contributed by atoms with Crippen molar-refractivity contribution >= 4 is 23.7 Å². The number of carbonyl (C=O) groups is 2. The predicted octanol–water partition coefficient (Wildman–Crippen LogP) is 1.80. The Morgan fingerprint density at radius 1 is 1.10 bits per heavy atom. The largest absolute Gasteiger partial charge is 0.326 e. The van der Waals surface area contributed by atoms with Gasteiger partial charge in [-0.1, -0.05) is 12.1 Å². The molecule has 2 amide bonds. The Kier molecular flexibility index (Phi) is 4.76. The van der Waals surface area contributed by atoms with Gasteiger partial charge in [-0.2, -0.15) is 5.10 Å². The van der Waals surface area contributed by atoms with Crippen molar-refractivity contribution < 1.29 is 9.59 Å². The second-order valence-corrected chi connectivity index (χ2v) is 4.24. The standard InChI is InChI=1S/C15H14N4O2/c1-11(20)18-14-4-2-12(3-5-14)10-17-19-15(21)13-6-8-16-9-7-13/h2-10H,1H3,(H,18,20)(H,19,21)/b17-10-. The first-order valence-corrected chi connectivity index (χ1v) is 6.26. The predicted molar refractivity (Wildman–Crippen MR) is 80.0 cm³/mol. The van der Waals surface area contributed by atoms with Crippen LogP contribution in [-0.2, 0) is 4.79 Å². The van der Waals surface area contributed by atoms with Gasteiger partial charge in [0.05, 0.1) is 6.21 Å². The van der Waals surface area contributed by atoms with E-state index < -0.39 is 0 Å². The number of amides is 2. The molecule has 1 heterocycles. The Morgan fingerprint density at radius 3 is 2.38 bits per heavy atom. The van der Waals surface area contributed by atoms with Crippen LogP contribution < -0.4 is 10.7 Å². The number of anilines is 1. The fourth-order valence-electron chi connectivity index (χ4n) is 1.59. The molecule has 0 fully saturated rings. The summed E-state index contributed by atoms with van der Waals surface area (Å²) in [4.78, 5) is 26.4. The van der Waals surface area contributed by atoms with Crippen LogP contribution in [0.5, 0.6) is 0 Å². The lowest BCUT2D eigenvalue weighted by Gasteiger charge is -2.02. The Balaban J connectivity index is 1.92. The quantitative estimate of drug-likeness (QED) is 0.662. The molecule has 0 aliphatic rings. The maximum atomic E-state index is 11.7. The third-order valence-electron chi connectivity index (χ3n) is 2.55. The molecule has 0 bridgehead atoms. The molecule has 0 saturated heterocycles. The lowest BCUT2D eigenvalue weighted by molar-refractivity contribution is -0.114. The zero-order chi connectivity index (χ0) is 15.1. The average Bonchev–Trinajstić information content (AvgIpc) is 2.49. The summed E-state index contributed by atoms with van der Waals surface area (Å²) in [6, 6.07) is 10.3. The molecule has 0 atom stereocenters. The van der Waals surface area contributed by atoms with Crippen molar-refractivity contribution in [2.75, 3.05) is 5.32 Å². The van der Waals surface area contributed by atoms with Gasteiger partial charge >= 0.3 is 0 Å². The molecule has 21 heavy (non-hydrogen) atoms. The zero-order valence-electron chi connectivity index (χ0n) is 11.4. The monoisotopic (exact) mass is 282 g/mol. The van der Waals surface area contributed by atoms with Gasteiger partial charge in [-0.05, 0) is 29.8 Å². The molecule has 1 aromatic heterocycles. The van der Waals surface area contributed by atoms with E-state index >= 15 is 0 Å². The van der Waals surface area contributed by atoms with Crippen LogP contribution in [0.25, 0.3) is 0 Å². The first-order chi connectivity index (χ1) is 10.1. The highest BCUT2D eigenvalue weighted by molar-refractivity contribution is 5.94. The number of nitrogens with zero attached hydrogens (tertiary/aromatic N) is 2. The Labute approximate surface area is 121 Å². The molecule has 0 spiro atoms. The number of benzene rings is 1. The summed E-state index contributed by atoms with van der Waals surface area (Å²) in [7, 11) is 0. The number of aromatic nitrogens is 1. The molecule has 1 aromatic carbocycles. The summed E-state index contributed by atoms with van der Waals surface area (Å²) in [5.74, 6) is -0.426. The van der Waals surface area contributed by atoms with Crippen LogP contribution in [0.4, 0.5) is 5.69 Å². The number of nitrogens with one attached hydrogen (secondary N) is 2. The topological polar surface area (TPSA) is 83.5 Å². The van der Waals surface area contributed by atoms with Gasteiger partial charge in [-0.15, -0.1) is 0 Å². The van der Waals surface area contributed by atoms with Crippen LogP contribution >= 0.6 is 0 Å². The van der Waals surface area contributed by atoms with Gasteiger partial charge < -0.3 is 5.32 Å². The third-order valence-corrected chi connectivity index (χ3v) is 2.55. The van der Waals surface area contributed by atoms with Crippen molar-refractivity contribution in [3.8, 4) is 0 Å². The summed E-state index contributed by atoms with van der Waals surface area (Å²) in [6.45, 7) is 1.45. The number of hydrazone groups is 1. The molecule has 0 aliphatic heterocycles. The highest BCUT2D eigenvalue weighted by Gasteiger charge is 2.01. The summed E-state index contributed by atoms with van der Waals surface area (Å²) in [6.07, 6.45) is 4.61. The smallest absolute Gasteiger partial charge is 0.271 e. The van der Waals surface area contributed by atoms with Gasteiger partial charge in [-0.25, -0.2) is 5.43 Å². The normalized spacial score (nSPS) is 10.3. The van der Waals surface area contributed by atoms with Crippen molar-refractivity contribution in [3.05, 3.63) is 59.9 Å². The van der Waals surface area contributed by atoms with Gasteiger partial charge in [0, 0.05) is 30.6 Å². The van der Waals surface area contributed by atoms with Gasteiger partial charge in [0.2, 0.25) is 5.91 Å². The second-order valence-electron chi connectivity index (χ2n) is 4.24. The van der Waals surface area contributed by atoms with Crippen molar-refractivity contribution in [2.24, 2.45) is 5.10 Å². The SMILES string of the molecule is CC(=O)Nc1ccc(/C=N\NC(=O)c2ccncc2)cc1. The van der Waals surface area contributed by atoms with E-state index in [1.165, 1.54) is 13.1 Å². The molecule has 6 heteroatoms. The number of rotatable bonds is 4. The molecule has 0 saturated carbocycles. The Bertz CT molecular complexity index is 651. The molecule has 0 aliphatic carbocycles. The van der Waals surface area contributed by atoms with Crippen LogP contribution in [0, 0.1) is 0 Å². The van der Waals surface area contributed by atoms with E-state index in [1.807, 2.05) is 0 Å². The average molecular weight is 282 g/mol. The van der Waals surface area contributed by atoms with Crippen LogP contribution in [0.3, 0.4) is 0 Å². The molecular weight excluding hydrogens is 268 g/mol. The van der Waals surface area contributed by atoms with Gasteiger partial charge in [0.1, 0.15) is 0 Å². The molecule has 0 unspecified atom stereocenters. The van der Waals surface area contributed by atoms with Crippen molar-refractivity contribution in [2.45, 2.75) is 6.92 Å². The van der Waals surface area contributed by atoms with E-state index in [1.54, 1.807) is 48.8 Å². The minimum Gasteiger partial charge on any atom is -0.326 e. The minimum atomic E-state index is -0.302. The second kappa shape index (κ2) is 6.95. The van der Waals surface area contributed by atoms with Gasteiger partial charge in [0.15, 0.2) is 0 Å². The lowest BCUT2D eigenvalue weighted by atomic mass is 10.2. The van der Waals surface area contributed by atoms with Gasteiger partial charge in [-0.3, -0.25) is 14.6 Å². The fourth-order valence-corrected chi connectivity index (χ4v) is 1.59. The first-order valence-electron chi connectivity index (χ1n) is 6.26. The summed E-state index contributed by atoms with van der Waals surface area (Å²) in [5, 5.41) is 6.54. The third kappa shape index (κ3) is 4.54. The minimum absolute atomic E-state index is 0.124. The zero-order valence-corrected chi connectivity index (χ0v) is 11.4. The lowest BCUT2D eigenvalue weighted by Crippen LogP contribution is -2.17. The van der Waals surface area contributed by atoms with E-state index in [-0.39, 0.29) is 11.8 Å². The Morgan fingerprint density at radius 2 is 1.76 bits per heavy atom. The van der Waals surface area contributed by atoms with E-state index in [0.717, 1.165) is 5.56 Å². The Hall–Kier alpha value is -3.02. The maximum absolute atomic E-state index is 11.7. The molecule has 0 radical (unpaired) electrons. The van der Waals surface area contributed by atoms with E-state index in [0.29, 0.717) is 11.3 Å². The first kappa shape index (κ1) is 14.4. The molecule has 2 aromatic rings. The van der Waals surface area contributed by atoms with Crippen molar-refractivity contribution in [1.82, 2.24) is 10.4 Å². The molecule has 6 nitrogen and oxygen atoms in total. The number of pyridine rings is 1.